The summed E-state index contributed by atoms with van der Waals surface area (Å²) >= 11 is 0. The summed E-state index contributed by atoms with van der Waals surface area (Å²) in [6.45, 7) is 1.72. The van der Waals surface area contributed by atoms with Crippen LogP contribution in [0.3, 0.4) is 0 Å². The van der Waals surface area contributed by atoms with E-state index in [4.69, 9.17) is 4.74 Å². The Morgan fingerprint density at radius 1 is 1.37 bits per heavy atom. The molecule has 1 aromatic carbocycles. The van der Waals surface area contributed by atoms with Crippen molar-refractivity contribution in [3.05, 3.63) is 24.3 Å². The first kappa shape index (κ1) is 13.7. The molecule has 0 bridgehead atoms. The van der Waals surface area contributed by atoms with Gasteiger partial charge in [-0.25, -0.2) is 0 Å². The van der Waals surface area contributed by atoms with Crippen LogP contribution < -0.4 is 10.1 Å². The van der Waals surface area contributed by atoms with Gasteiger partial charge in [-0.2, -0.15) is 0 Å². The third-order valence-electron chi connectivity index (χ3n) is 3.45. The number of aromatic hydroxyl groups is 1. The Kier molecular flexibility index (Phi) is 4.66. The number of carbonyl (C=O) groups excluding carboxylic acids is 1. The van der Waals surface area contributed by atoms with Crippen LogP contribution in [0.2, 0.25) is 0 Å². The molecule has 0 heterocycles. The Labute approximate surface area is 113 Å². The topological polar surface area (TPSA) is 58.6 Å². The monoisotopic (exact) mass is 263 g/mol. The van der Waals surface area contributed by atoms with Crippen LogP contribution in [0.1, 0.15) is 39.0 Å². The second-order valence-corrected chi connectivity index (χ2v) is 5.10. The van der Waals surface area contributed by atoms with E-state index >= 15 is 0 Å². The normalized spacial score (nSPS) is 17.7. The Morgan fingerprint density at radius 2 is 2.11 bits per heavy atom. The molecular formula is C15H21NO3. The predicted octanol–water partition coefficient (Wildman–Crippen LogP) is 2.61. The summed E-state index contributed by atoms with van der Waals surface area (Å²) in [5.41, 5.74) is 0. The van der Waals surface area contributed by atoms with Gasteiger partial charge in [-0.15, -0.1) is 0 Å². The number of rotatable bonds is 4. The van der Waals surface area contributed by atoms with Crippen molar-refractivity contribution in [2.45, 2.75) is 51.2 Å². The molecule has 2 rings (SSSR count). The quantitative estimate of drug-likeness (QED) is 0.878. The van der Waals surface area contributed by atoms with Crippen LogP contribution in [0.25, 0.3) is 0 Å². The minimum absolute atomic E-state index is 0.0877. The highest BCUT2D eigenvalue weighted by Crippen LogP contribution is 2.20. The number of benzene rings is 1. The van der Waals surface area contributed by atoms with Gasteiger partial charge < -0.3 is 15.2 Å². The van der Waals surface area contributed by atoms with E-state index in [-0.39, 0.29) is 17.7 Å². The highest BCUT2D eigenvalue weighted by atomic mass is 16.5. The summed E-state index contributed by atoms with van der Waals surface area (Å²) in [5, 5.41) is 12.4. The van der Waals surface area contributed by atoms with E-state index in [1.807, 2.05) is 0 Å². The molecule has 0 aromatic heterocycles. The number of carbonyl (C=O) groups is 1. The molecule has 1 unspecified atom stereocenters. The van der Waals surface area contributed by atoms with Gasteiger partial charge in [0, 0.05) is 12.1 Å². The molecule has 4 heteroatoms. The van der Waals surface area contributed by atoms with Crippen molar-refractivity contribution in [1.29, 1.82) is 0 Å². The number of phenolic OH excluding ortho intramolecular Hbond substituents is 1. The largest absolute Gasteiger partial charge is 0.508 e. The molecule has 104 valence electrons. The van der Waals surface area contributed by atoms with Gasteiger partial charge >= 0.3 is 0 Å². The van der Waals surface area contributed by atoms with E-state index < -0.39 is 6.10 Å². The standard InChI is InChI=1S/C15H21NO3/c1-11(19-14-9-5-8-13(17)10-14)15(18)16-12-6-3-2-4-7-12/h5,8-12,17H,2-4,6-7H2,1H3,(H,16,18). The van der Waals surface area contributed by atoms with Crippen molar-refractivity contribution in [3.8, 4) is 11.5 Å². The number of hydrogen-bond donors (Lipinski definition) is 2. The van der Waals surface area contributed by atoms with E-state index in [9.17, 15) is 9.90 Å². The summed E-state index contributed by atoms with van der Waals surface area (Å²) < 4.78 is 5.53. The van der Waals surface area contributed by atoms with Crippen LogP contribution >= 0.6 is 0 Å². The molecule has 19 heavy (non-hydrogen) atoms. The molecule has 0 radical (unpaired) electrons. The van der Waals surface area contributed by atoms with Gasteiger partial charge in [0.05, 0.1) is 0 Å². The molecule has 1 atom stereocenters. The molecule has 1 saturated carbocycles. The smallest absolute Gasteiger partial charge is 0.260 e. The summed E-state index contributed by atoms with van der Waals surface area (Å²) in [7, 11) is 0. The molecule has 1 amide bonds. The Morgan fingerprint density at radius 3 is 2.79 bits per heavy atom. The first-order valence-corrected chi connectivity index (χ1v) is 6.91. The Hall–Kier alpha value is -1.71. The maximum absolute atomic E-state index is 12.0. The second-order valence-electron chi connectivity index (χ2n) is 5.10. The van der Waals surface area contributed by atoms with Gasteiger partial charge in [-0.3, -0.25) is 4.79 Å². The number of nitrogens with one attached hydrogen (secondary N) is 1. The van der Waals surface area contributed by atoms with Gasteiger partial charge in [0.2, 0.25) is 0 Å². The zero-order valence-electron chi connectivity index (χ0n) is 11.3. The van der Waals surface area contributed by atoms with Gasteiger partial charge in [0.1, 0.15) is 11.5 Å². The number of phenols is 1. The number of hydrogen-bond acceptors (Lipinski definition) is 3. The maximum atomic E-state index is 12.0. The minimum atomic E-state index is -0.552. The number of ether oxygens (including phenoxy) is 1. The third kappa shape index (κ3) is 4.16. The van der Waals surface area contributed by atoms with Gasteiger partial charge in [0.15, 0.2) is 6.10 Å². The molecule has 2 N–H and O–H groups in total. The van der Waals surface area contributed by atoms with Gasteiger partial charge in [-0.1, -0.05) is 25.3 Å². The molecule has 1 aliphatic rings. The van der Waals surface area contributed by atoms with Crippen LogP contribution in [-0.4, -0.2) is 23.2 Å². The Bertz CT molecular complexity index is 427. The first-order chi connectivity index (χ1) is 9.15. The fourth-order valence-corrected chi connectivity index (χ4v) is 2.38. The van der Waals surface area contributed by atoms with Crippen LogP contribution in [0, 0.1) is 0 Å². The number of amides is 1. The fourth-order valence-electron chi connectivity index (χ4n) is 2.38. The van der Waals surface area contributed by atoms with Gasteiger partial charge in [-0.05, 0) is 31.9 Å². The fraction of sp³-hybridized carbons (Fsp3) is 0.533. The van der Waals surface area contributed by atoms with Crippen LogP contribution in [0.15, 0.2) is 24.3 Å². The van der Waals surface area contributed by atoms with Crippen LogP contribution in [-0.2, 0) is 4.79 Å². The molecule has 1 aromatic rings. The van der Waals surface area contributed by atoms with Gasteiger partial charge in [0.25, 0.3) is 5.91 Å². The van der Waals surface area contributed by atoms with Crippen molar-refractivity contribution in [2.75, 3.05) is 0 Å². The lowest BCUT2D eigenvalue weighted by Crippen LogP contribution is -2.43. The summed E-state index contributed by atoms with van der Waals surface area (Å²) in [4.78, 5) is 12.0. The minimum Gasteiger partial charge on any atom is -0.508 e. The van der Waals surface area contributed by atoms with E-state index in [0.717, 1.165) is 12.8 Å². The Balaban J connectivity index is 1.84. The summed E-state index contributed by atoms with van der Waals surface area (Å²) in [6.07, 6.45) is 5.21. The van der Waals surface area contributed by atoms with Crippen molar-refractivity contribution in [1.82, 2.24) is 5.32 Å². The lowest BCUT2D eigenvalue weighted by atomic mass is 9.95. The second kappa shape index (κ2) is 6.45. The third-order valence-corrected chi connectivity index (χ3v) is 3.45. The van der Waals surface area contributed by atoms with E-state index in [1.54, 1.807) is 25.1 Å². The molecular weight excluding hydrogens is 242 g/mol. The van der Waals surface area contributed by atoms with E-state index in [1.165, 1.54) is 25.3 Å². The summed E-state index contributed by atoms with van der Waals surface area (Å²) in [6, 6.07) is 6.78. The van der Waals surface area contributed by atoms with Crippen molar-refractivity contribution < 1.29 is 14.6 Å². The van der Waals surface area contributed by atoms with Crippen LogP contribution in [0.5, 0.6) is 11.5 Å². The molecule has 0 saturated heterocycles. The zero-order chi connectivity index (χ0) is 13.7. The average Bonchev–Trinajstić information content (AvgIpc) is 2.40. The van der Waals surface area contributed by atoms with Crippen LogP contribution in [0.4, 0.5) is 0 Å². The van der Waals surface area contributed by atoms with Crippen molar-refractivity contribution >= 4 is 5.91 Å². The van der Waals surface area contributed by atoms with E-state index in [2.05, 4.69) is 5.32 Å². The van der Waals surface area contributed by atoms with Crippen molar-refractivity contribution in [2.24, 2.45) is 0 Å². The van der Waals surface area contributed by atoms with E-state index in [0.29, 0.717) is 5.75 Å². The zero-order valence-corrected chi connectivity index (χ0v) is 11.3. The average molecular weight is 263 g/mol. The lowest BCUT2D eigenvalue weighted by molar-refractivity contribution is -0.128. The molecule has 1 fully saturated rings. The SMILES string of the molecule is CC(Oc1cccc(O)c1)C(=O)NC1CCCCC1. The summed E-state index contributed by atoms with van der Waals surface area (Å²) in [5.74, 6) is 0.555. The van der Waals surface area contributed by atoms with Crippen molar-refractivity contribution in [3.63, 3.8) is 0 Å². The highest BCUT2D eigenvalue weighted by molar-refractivity contribution is 5.81. The molecule has 0 spiro atoms. The molecule has 0 aliphatic heterocycles. The molecule has 4 nitrogen and oxygen atoms in total. The molecule has 1 aliphatic carbocycles. The lowest BCUT2D eigenvalue weighted by Gasteiger charge is -2.24. The maximum Gasteiger partial charge on any atom is 0.260 e. The highest BCUT2D eigenvalue weighted by Gasteiger charge is 2.20. The predicted molar refractivity (Wildman–Crippen MR) is 73.2 cm³/mol. The first-order valence-electron chi connectivity index (χ1n) is 6.91.